The quantitative estimate of drug-likeness (QED) is 0.822. The molecule has 1 amide bonds. The Bertz CT molecular complexity index is 503. The van der Waals surface area contributed by atoms with Gasteiger partial charge in [-0.15, -0.1) is 0 Å². The van der Waals surface area contributed by atoms with E-state index in [1.54, 1.807) is 0 Å². The number of rotatable bonds is 4. The van der Waals surface area contributed by atoms with Gasteiger partial charge in [-0.2, -0.15) is 5.10 Å². The topological polar surface area (TPSA) is 84.2 Å². The molecule has 1 aromatic rings. The van der Waals surface area contributed by atoms with Crippen molar-refractivity contribution in [2.24, 2.45) is 12.5 Å². The summed E-state index contributed by atoms with van der Waals surface area (Å²) in [6.45, 7) is 5.97. The molecule has 0 aliphatic carbocycles. The molecule has 0 spiro atoms. The summed E-state index contributed by atoms with van der Waals surface area (Å²) in [7, 11) is 1.49. The molecular formula is C13H21N3O3. The van der Waals surface area contributed by atoms with Crippen molar-refractivity contribution in [2.45, 2.75) is 33.2 Å². The molecule has 0 aliphatic heterocycles. The van der Waals surface area contributed by atoms with Crippen LogP contribution in [0, 0.1) is 5.41 Å². The Morgan fingerprint density at radius 1 is 1.47 bits per heavy atom. The summed E-state index contributed by atoms with van der Waals surface area (Å²) < 4.78 is 1.12. The Morgan fingerprint density at radius 2 is 2.11 bits per heavy atom. The van der Waals surface area contributed by atoms with Gasteiger partial charge in [-0.1, -0.05) is 20.8 Å². The highest BCUT2D eigenvalue weighted by atomic mass is 16.3. The smallest absolute Gasteiger partial charge is 0.271 e. The van der Waals surface area contributed by atoms with Crippen LogP contribution in [-0.2, 0) is 7.05 Å². The maximum atomic E-state index is 12.1. The van der Waals surface area contributed by atoms with Crippen LogP contribution in [0.5, 0.6) is 0 Å². The van der Waals surface area contributed by atoms with Gasteiger partial charge in [0.15, 0.2) is 0 Å². The van der Waals surface area contributed by atoms with E-state index in [0.29, 0.717) is 6.42 Å². The van der Waals surface area contributed by atoms with Gasteiger partial charge < -0.3 is 10.4 Å². The number of aliphatic hydroxyl groups excluding tert-OH is 1. The first-order valence-electron chi connectivity index (χ1n) is 6.22. The van der Waals surface area contributed by atoms with E-state index < -0.39 is 0 Å². The molecule has 0 fully saturated rings. The van der Waals surface area contributed by atoms with E-state index in [-0.39, 0.29) is 35.2 Å². The number of hydrogen-bond acceptors (Lipinski definition) is 4. The van der Waals surface area contributed by atoms with Crippen molar-refractivity contribution in [3.05, 3.63) is 28.2 Å². The number of carbonyl (C=O) groups is 1. The van der Waals surface area contributed by atoms with Crippen LogP contribution in [0.2, 0.25) is 0 Å². The molecule has 0 aromatic carbocycles. The number of nitrogens with zero attached hydrogens (tertiary/aromatic N) is 2. The summed E-state index contributed by atoms with van der Waals surface area (Å²) in [5, 5.41) is 15.8. The van der Waals surface area contributed by atoms with Gasteiger partial charge in [-0.25, -0.2) is 4.68 Å². The Labute approximate surface area is 112 Å². The summed E-state index contributed by atoms with van der Waals surface area (Å²) in [6, 6.07) is 2.54. The lowest BCUT2D eigenvalue weighted by Crippen LogP contribution is -2.44. The van der Waals surface area contributed by atoms with Crippen LogP contribution >= 0.6 is 0 Å². The minimum atomic E-state index is -0.344. The Hall–Kier alpha value is -1.69. The highest BCUT2D eigenvalue weighted by Crippen LogP contribution is 2.21. The molecule has 1 unspecified atom stereocenters. The van der Waals surface area contributed by atoms with Crippen LogP contribution in [0.25, 0.3) is 0 Å². The Balaban J connectivity index is 2.87. The molecule has 1 aromatic heterocycles. The molecule has 0 saturated carbocycles. The SMILES string of the molecule is Cn1nc(C(=O)NC(CCO)C(C)(C)C)ccc1=O. The Kier molecular flexibility index (Phi) is 4.83. The largest absolute Gasteiger partial charge is 0.396 e. The number of aryl methyl sites for hydroxylation is 1. The monoisotopic (exact) mass is 267 g/mol. The van der Waals surface area contributed by atoms with E-state index in [9.17, 15) is 9.59 Å². The first kappa shape index (κ1) is 15.4. The van der Waals surface area contributed by atoms with Gasteiger partial charge in [0.25, 0.3) is 11.5 Å². The van der Waals surface area contributed by atoms with E-state index >= 15 is 0 Å². The highest BCUT2D eigenvalue weighted by molar-refractivity contribution is 5.92. The van der Waals surface area contributed by atoms with Crippen molar-refractivity contribution in [1.29, 1.82) is 0 Å². The van der Waals surface area contributed by atoms with Crippen molar-refractivity contribution < 1.29 is 9.90 Å². The summed E-state index contributed by atoms with van der Waals surface area (Å²) in [5.74, 6) is -0.344. The van der Waals surface area contributed by atoms with E-state index in [4.69, 9.17) is 5.11 Å². The minimum Gasteiger partial charge on any atom is -0.396 e. The van der Waals surface area contributed by atoms with E-state index in [2.05, 4.69) is 10.4 Å². The number of hydrogen-bond donors (Lipinski definition) is 2. The molecule has 106 valence electrons. The van der Waals surface area contributed by atoms with Crippen LogP contribution in [-0.4, -0.2) is 33.4 Å². The van der Waals surface area contributed by atoms with Crippen molar-refractivity contribution in [3.63, 3.8) is 0 Å². The van der Waals surface area contributed by atoms with Crippen LogP contribution in [0.3, 0.4) is 0 Å². The molecule has 1 rings (SSSR count). The maximum Gasteiger partial charge on any atom is 0.271 e. The second-order valence-electron chi connectivity index (χ2n) is 5.58. The summed E-state index contributed by atoms with van der Waals surface area (Å²) in [5.41, 5.74) is -0.243. The average molecular weight is 267 g/mol. The fourth-order valence-electron chi connectivity index (χ4n) is 1.71. The highest BCUT2D eigenvalue weighted by Gasteiger charge is 2.26. The lowest BCUT2D eigenvalue weighted by molar-refractivity contribution is 0.0877. The van der Waals surface area contributed by atoms with Crippen LogP contribution in [0.4, 0.5) is 0 Å². The molecule has 0 bridgehead atoms. The third kappa shape index (κ3) is 4.17. The van der Waals surface area contributed by atoms with Crippen molar-refractivity contribution >= 4 is 5.91 Å². The lowest BCUT2D eigenvalue weighted by atomic mass is 9.85. The van der Waals surface area contributed by atoms with Crippen LogP contribution in [0.15, 0.2) is 16.9 Å². The number of aromatic nitrogens is 2. The molecule has 1 heterocycles. The molecule has 19 heavy (non-hydrogen) atoms. The zero-order valence-electron chi connectivity index (χ0n) is 11.8. The Morgan fingerprint density at radius 3 is 2.58 bits per heavy atom. The number of amides is 1. The second kappa shape index (κ2) is 5.97. The molecule has 1 atom stereocenters. The number of aliphatic hydroxyl groups is 1. The predicted molar refractivity (Wildman–Crippen MR) is 71.9 cm³/mol. The number of nitrogens with one attached hydrogen (secondary N) is 1. The molecule has 0 saturated heterocycles. The zero-order valence-corrected chi connectivity index (χ0v) is 11.8. The summed E-state index contributed by atoms with van der Waals surface area (Å²) in [4.78, 5) is 23.3. The summed E-state index contributed by atoms with van der Waals surface area (Å²) >= 11 is 0. The van der Waals surface area contributed by atoms with Gasteiger partial charge in [-0.3, -0.25) is 9.59 Å². The van der Waals surface area contributed by atoms with E-state index in [0.717, 1.165) is 4.68 Å². The average Bonchev–Trinajstić information content (AvgIpc) is 2.30. The lowest BCUT2D eigenvalue weighted by Gasteiger charge is -2.31. The van der Waals surface area contributed by atoms with Crippen molar-refractivity contribution in [2.75, 3.05) is 6.61 Å². The van der Waals surface area contributed by atoms with Gasteiger partial charge >= 0.3 is 0 Å². The third-order valence-electron chi connectivity index (χ3n) is 2.96. The standard InChI is InChI=1S/C13H21N3O3/c1-13(2,3)10(7-8-17)14-12(19)9-5-6-11(18)16(4)15-9/h5-6,10,17H,7-8H2,1-4H3,(H,14,19). The molecule has 6 nitrogen and oxygen atoms in total. The molecule has 2 N–H and O–H groups in total. The van der Waals surface area contributed by atoms with Gasteiger partial charge in [-0.05, 0) is 17.9 Å². The maximum absolute atomic E-state index is 12.1. The van der Waals surface area contributed by atoms with Gasteiger partial charge in [0, 0.05) is 25.8 Å². The fourth-order valence-corrected chi connectivity index (χ4v) is 1.71. The molecule has 0 radical (unpaired) electrons. The zero-order chi connectivity index (χ0) is 14.6. The van der Waals surface area contributed by atoms with Crippen molar-refractivity contribution in [3.8, 4) is 0 Å². The van der Waals surface area contributed by atoms with Crippen LogP contribution in [0.1, 0.15) is 37.7 Å². The van der Waals surface area contributed by atoms with E-state index in [1.165, 1.54) is 19.2 Å². The van der Waals surface area contributed by atoms with Crippen molar-refractivity contribution in [1.82, 2.24) is 15.1 Å². The first-order chi connectivity index (χ1) is 8.75. The third-order valence-corrected chi connectivity index (χ3v) is 2.96. The first-order valence-corrected chi connectivity index (χ1v) is 6.22. The fraction of sp³-hybridized carbons (Fsp3) is 0.615. The van der Waals surface area contributed by atoms with E-state index in [1.807, 2.05) is 20.8 Å². The van der Waals surface area contributed by atoms with Gasteiger partial charge in [0.2, 0.25) is 0 Å². The normalized spacial score (nSPS) is 13.1. The predicted octanol–water partition coefficient (Wildman–Crippen LogP) is 0.307. The van der Waals surface area contributed by atoms with Crippen LogP contribution < -0.4 is 10.9 Å². The molecule has 0 aliphatic rings. The second-order valence-corrected chi connectivity index (χ2v) is 5.58. The van der Waals surface area contributed by atoms with Gasteiger partial charge in [0.1, 0.15) is 5.69 Å². The minimum absolute atomic E-state index is 0.00290. The molecular weight excluding hydrogens is 246 g/mol. The molecule has 6 heteroatoms. The van der Waals surface area contributed by atoms with Gasteiger partial charge in [0.05, 0.1) is 0 Å². The number of carbonyl (C=O) groups excluding carboxylic acids is 1. The summed E-state index contributed by atoms with van der Waals surface area (Å²) in [6.07, 6.45) is 0.473.